The third-order valence-electron chi connectivity index (χ3n) is 17.6. The molecule has 9 fully saturated rings. The van der Waals surface area contributed by atoms with Gasteiger partial charge in [-0.2, -0.15) is 0 Å². The summed E-state index contributed by atoms with van der Waals surface area (Å²) in [6.45, 7) is 8.10. The van der Waals surface area contributed by atoms with E-state index in [1.807, 2.05) is 13.8 Å². The molecule has 108 heavy (non-hydrogen) atoms. The number of allylic oxidation sites excluding steroid dienone is 1. The number of esters is 5. The summed E-state index contributed by atoms with van der Waals surface area (Å²) in [5.74, 6) is -21.0. The molecule has 9 aliphatic heterocycles. The van der Waals surface area contributed by atoms with E-state index in [0.29, 0.717) is 5.01 Å². The summed E-state index contributed by atoms with van der Waals surface area (Å²) in [5.41, 5.74) is 3.90. The van der Waals surface area contributed by atoms with Crippen LogP contribution in [0.3, 0.4) is 0 Å². The molecule has 47 heteroatoms. The summed E-state index contributed by atoms with van der Waals surface area (Å²) >= 11 is 3.23. The average molecular weight is 1620 g/mol. The molecule has 1 unspecified atom stereocenters. The number of carbonyl (C=O) groups is 15. The van der Waals surface area contributed by atoms with Gasteiger partial charge in [-0.1, -0.05) is 21.0 Å². The minimum atomic E-state index is -2.25. The highest BCUT2D eigenvalue weighted by Gasteiger charge is 2.76. The minimum absolute atomic E-state index is 0.00641. The number of nitrogen functional groups attached to an aromatic ring is 2. The Balaban J connectivity index is 0.000000175. The minimum Gasteiger partial charge on any atom is -0.479 e. The third-order valence-corrected chi connectivity index (χ3v) is 25.2. The Morgan fingerprint density at radius 3 is 1.23 bits per heavy atom. The molecule has 15 atom stereocenters. The Morgan fingerprint density at radius 2 is 0.907 bits per heavy atom. The van der Waals surface area contributed by atoms with Gasteiger partial charge in [0.2, 0.25) is 37.5 Å². The van der Waals surface area contributed by atoms with Crippen molar-refractivity contribution < 1.29 is 143 Å². The number of anilines is 2. The fourth-order valence-corrected chi connectivity index (χ4v) is 20.9. The molecule has 0 saturated carbocycles. The second kappa shape index (κ2) is 31.5. The smallest absolute Gasteiger partial charge is 0.373 e. The number of aryl methyl sites for hydroxylation is 1. The molecule has 12 rings (SSSR count). The molecule has 41 nitrogen and oxygen atoms in total. The molecule has 3 amide bonds. The van der Waals surface area contributed by atoms with Crippen LogP contribution in [-0.4, -0.2) is 251 Å². The first-order chi connectivity index (χ1) is 50.7. The molecule has 0 spiro atoms. The lowest BCUT2D eigenvalue weighted by Gasteiger charge is -2.56. The van der Waals surface area contributed by atoms with Gasteiger partial charge in [0.15, 0.2) is 44.7 Å². The van der Waals surface area contributed by atoms with Crippen molar-refractivity contribution in [2.75, 3.05) is 55.2 Å². The number of amides is 3. The number of rotatable bonds is 26. The number of carboxylic acid groups (broad SMARTS) is 4. The molecule has 3 aromatic heterocycles. The van der Waals surface area contributed by atoms with Crippen LogP contribution in [0.15, 0.2) is 43.3 Å². The summed E-state index contributed by atoms with van der Waals surface area (Å²) < 4.78 is 65.0. The molecule has 9 saturated heterocycles. The van der Waals surface area contributed by atoms with Gasteiger partial charge in [-0.3, -0.25) is 70.5 Å². The van der Waals surface area contributed by atoms with E-state index in [1.54, 1.807) is 39.2 Å². The number of hydrogen-bond donors (Lipinski definition) is 6. The van der Waals surface area contributed by atoms with Crippen LogP contribution < -0.4 is 11.5 Å². The highest BCUT2D eigenvalue weighted by molar-refractivity contribution is 7.86. The Labute approximate surface area is 627 Å². The molecular weight excluding hydrogens is 1560 g/mol. The van der Waals surface area contributed by atoms with Gasteiger partial charge in [0.25, 0.3) is 17.2 Å². The number of hydrogen-bond acceptors (Lipinski definition) is 37. The van der Waals surface area contributed by atoms with E-state index in [-0.39, 0.29) is 76.2 Å². The number of oxime groups is 3. The lowest BCUT2D eigenvalue weighted by Crippen LogP contribution is -2.78. The topological polar surface area (TPSA) is 600 Å². The van der Waals surface area contributed by atoms with Gasteiger partial charge in [-0.25, -0.2) is 43.7 Å². The van der Waals surface area contributed by atoms with Crippen LogP contribution in [0.5, 0.6) is 0 Å². The summed E-state index contributed by atoms with van der Waals surface area (Å²) in [4.78, 5) is 214. The van der Waals surface area contributed by atoms with Crippen LogP contribution in [0, 0.1) is 42.4 Å². The number of carbonyl (C=O) groups excluding carboxylic acids is 11. The Hall–Kier alpha value is -10.3. The van der Waals surface area contributed by atoms with Crippen molar-refractivity contribution in [2.24, 2.45) is 51.0 Å². The maximum atomic E-state index is 13.5. The first kappa shape index (κ1) is 80.3. The lowest BCUT2D eigenvalue weighted by atomic mass is 9.84. The zero-order valence-electron chi connectivity index (χ0n) is 57.2. The van der Waals surface area contributed by atoms with Gasteiger partial charge in [0.1, 0.15) is 45.4 Å². The predicted molar refractivity (Wildman–Crippen MR) is 365 cm³/mol. The molecule has 0 aliphatic carbocycles. The van der Waals surface area contributed by atoms with Crippen molar-refractivity contribution in [3.05, 3.63) is 49.9 Å². The summed E-state index contributed by atoms with van der Waals surface area (Å²) in [5, 5.41) is 49.6. The number of ether oxygens (including phenoxy) is 5. The Kier molecular flexibility index (Phi) is 23.4. The van der Waals surface area contributed by atoms with Crippen molar-refractivity contribution >= 4 is 183 Å². The fraction of sp³-hybridized carbons (Fsp3) is 0.525. The van der Waals surface area contributed by atoms with Crippen molar-refractivity contribution in [3.63, 3.8) is 0 Å². The van der Waals surface area contributed by atoms with Gasteiger partial charge in [-0.05, 0) is 47.6 Å². The van der Waals surface area contributed by atoms with Crippen LogP contribution in [0.25, 0.3) is 0 Å². The molecule has 580 valence electrons. The number of nitrogens with two attached hydrogens (primary N) is 2. The van der Waals surface area contributed by atoms with Crippen molar-refractivity contribution in [1.82, 2.24) is 29.7 Å². The van der Waals surface area contributed by atoms with Crippen LogP contribution in [0.2, 0.25) is 0 Å². The zero-order chi connectivity index (χ0) is 79.1. The van der Waals surface area contributed by atoms with Gasteiger partial charge in [0, 0.05) is 85.1 Å². The zero-order valence-corrected chi connectivity index (χ0v) is 62.1. The van der Waals surface area contributed by atoms with Gasteiger partial charge in [-0.15, -0.1) is 34.0 Å². The van der Waals surface area contributed by atoms with Crippen molar-refractivity contribution in [2.45, 2.75) is 119 Å². The van der Waals surface area contributed by atoms with E-state index in [1.165, 1.54) is 22.1 Å². The summed E-state index contributed by atoms with van der Waals surface area (Å²) in [6.07, 6.45) is -0.622. The van der Waals surface area contributed by atoms with E-state index < -0.39 is 246 Å². The van der Waals surface area contributed by atoms with Crippen LogP contribution in [0.4, 0.5) is 10.3 Å². The fourth-order valence-electron chi connectivity index (χ4n) is 13.2. The molecule has 9 aliphatic rings. The Morgan fingerprint density at radius 1 is 0.565 bits per heavy atom. The van der Waals surface area contributed by atoms with Gasteiger partial charge >= 0.3 is 53.7 Å². The largest absolute Gasteiger partial charge is 0.479 e. The van der Waals surface area contributed by atoms with Crippen molar-refractivity contribution in [1.29, 1.82) is 0 Å². The maximum Gasteiger partial charge on any atom is 0.373 e. The number of aromatic nitrogens is 3. The number of carboxylic acids is 4. The first-order valence-electron chi connectivity index (χ1n) is 32.0. The van der Waals surface area contributed by atoms with E-state index in [2.05, 4.69) is 40.1 Å². The van der Waals surface area contributed by atoms with Crippen LogP contribution in [0.1, 0.15) is 95.2 Å². The molecule has 0 aromatic carbocycles. The van der Waals surface area contributed by atoms with Gasteiger partial charge in [0.05, 0.1) is 59.8 Å². The maximum absolute atomic E-state index is 13.5. The molecule has 12 heterocycles. The third kappa shape index (κ3) is 15.6. The van der Waals surface area contributed by atoms with Gasteiger partial charge < -0.3 is 70.1 Å². The monoisotopic (exact) mass is 1620 g/mol. The van der Waals surface area contributed by atoms with E-state index in [9.17, 15) is 94.8 Å². The highest BCUT2D eigenvalue weighted by Crippen LogP contribution is 2.54. The second-order valence-electron chi connectivity index (χ2n) is 26.3. The average Bonchev–Trinajstić information content (AvgIpc) is 1.38. The summed E-state index contributed by atoms with van der Waals surface area (Å²) in [6, 6.07) is 0. The van der Waals surface area contributed by atoms with E-state index in [0.717, 1.165) is 42.9 Å². The normalized spacial score (nSPS) is 29.2. The number of Topliss-reactive ketones (excluding diaryl/α,β-unsaturated/α-hetero) is 3. The van der Waals surface area contributed by atoms with Crippen LogP contribution >= 0.6 is 34.0 Å². The number of nitrogens with zero attached hydrogens (tertiary/aromatic N) is 9. The number of ketones is 3. The summed E-state index contributed by atoms with van der Waals surface area (Å²) in [7, 11) is -5.20. The quantitative estimate of drug-likeness (QED) is 0.0134. The van der Waals surface area contributed by atoms with Crippen LogP contribution in [-0.2, 0) is 143 Å². The highest BCUT2D eigenvalue weighted by atomic mass is 32.2. The van der Waals surface area contributed by atoms with E-state index >= 15 is 0 Å². The number of β-lactam (4-membered cyclic amide) rings is 3. The second-order valence-corrected chi connectivity index (χ2v) is 33.8. The standard InChI is InChI=1S/C27H33N3O10S2.2C17H16N4O10S2/c1-14(2)7-8-37-25(35)27-16(9-20(32)40-27)13-42(36)24-17(23(34)30(24)27)10-19(31)22(18-12-41-15(3)28-18)29-38-11-21(33)39-26(4,5)6;2*18-16-19-8(4-32-16)12(20-30-3-10(23)24)9(22)2-7-13(26)21-14(7)33(29)5-6-1-11(25)31-17(6,21)15(27)28/h7,12,16-17,24H,8-11,13H2,1-6H3;2*4,6-7,14H,1-3,5H2,(H2,18,19)(H,23,24)(H,27,28)/b29-22-;2*20-12-/t16-,17+,24+,27+,42?;6-,7+,14+,17+,33+;6-,7+,14+,17+,33-/m000/s1. The number of aliphatic carboxylic acids is 4. The Bertz CT molecular complexity index is 4360. The lowest BCUT2D eigenvalue weighted by molar-refractivity contribution is -0.222. The molecule has 0 bridgehead atoms. The SMILES string of the molecule is CC(C)=CCOC(=O)[C@]12OC(=O)C[C@H]1CS(=O)[C@@H]1[C@H](CC(=O)/C(=N\OCC(=O)OC(C)(C)C)c3csc(C)n3)C(=O)N12.Nc1nc(/C(=N/OCC(=O)O)C(=O)C[C@@H]2C(=O)N3[C@@H]2[S@@](=O)C[C@@H]2CC(=O)O[C@@]23C(=O)O)cs1.Nc1nc(/C(=N/OCC(=O)O)C(=O)C[C@@H]2C(=O)N3[C@@H]2[S@](=O)C[C@@H]2CC(=O)O[C@@]23C(=O)O)cs1. The number of fused-ring (bicyclic) bond motifs is 9. The molecule has 0 radical (unpaired) electrons. The number of thiazole rings is 3. The molecular formula is C61H65N11O30S6. The first-order valence-corrected chi connectivity index (χ1v) is 38.8. The molecule has 8 N–H and O–H groups in total. The van der Waals surface area contributed by atoms with E-state index in [4.69, 9.17) is 50.2 Å². The molecule has 3 aromatic rings. The van der Waals surface area contributed by atoms with Crippen molar-refractivity contribution in [3.8, 4) is 0 Å². The predicted octanol–water partition coefficient (Wildman–Crippen LogP) is -1.45.